The molecule has 0 bridgehead atoms. The average molecular weight is 235 g/mol. The molecule has 0 fully saturated rings. The number of hydrogen-bond donors (Lipinski definition) is 0. The Hall–Kier alpha value is -1.56. The van der Waals surface area contributed by atoms with E-state index in [1.54, 1.807) is 0 Å². The monoisotopic (exact) mass is 235 g/mol. The van der Waals surface area contributed by atoms with Crippen molar-refractivity contribution in [3.8, 4) is 11.1 Å². The molecule has 0 spiro atoms. The average Bonchev–Trinajstić information content (AvgIpc) is 2.70. The summed E-state index contributed by atoms with van der Waals surface area (Å²) in [5.74, 6) is 0. The van der Waals surface area contributed by atoms with Gasteiger partial charge in [0.15, 0.2) is 0 Å². The summed E-state index contributed by atoms with van der Waals surface area (Å²) in [6.45, 7) is 11.1. The molecule has 0 aliphatic heterocycles. The first-order chi connectivity index (χ1) is 8.50. The summed E-state index contributed by atoms with van der Waals surface area (Å²) in [7, 11) is 0. The molecule has 1 aliphatic carbocycles. The largest absolute Gasteiger partial charge is 0.0587 e. The highest BCUT2D eigenvalue weighted by atomic mass is 14.3. The lowest BCUT2D eigenvalue weighted by atomic mass is 9.90. The maximum atomic E-state index is 3.59. The second-order valence-corrected chi connectivity index (χ2v) is 5.57. The van der Waals surface area contributed by atoms with E-state index < -0.39 is 0 Å². The van der Waals surface area contributed by atoms with E-state index in [1.807, 2.05) is 0 Å². The minimum absolute atomic E-state index is 1.05. The summed E-state index contributed by atoms with van der Waals surface area (Å²) in [5, 5.41) is 0. The minimum Gasteiger partial charge on any atom is -0.0587 e. The van der Waals surface area contributed by atoms with E-state index in [2.05, 4.69) is 52.8 Å². The Labute approximate surface area is 110 Å². The van der Waals surface area contributed by atoms with Crippen molar-refractivity contribution < 1.29 is 0 Å². The second kappa shape index (κ2) is 3.71. The van der Waals surface area contributed by atoms with E-state index in [4.69, 9.17) is 0 Å². The zero-order valence-electron chi connectivity index (χ0n) is 11.9. The Kier molecular flexibility index (Phi) is 2.38. The third-order valence-corrected chi connectivity index (χ3v) is 4.58. The summed E-state index contributed by atoms with van der Waals surface area (Å²) >= 11 is 0. The van der Waals surface area contributed by atoms with Crippen LogP contribution in [0.4, 0.5) is 0 Å². The van der Waals surface area contributed by atoms with Gasteiger partial charge in [0.1, 0.15) is 0 Å². The summed E-state index contributed by atoms with van der Waals surface area (Å²) in [4.78, 5) is 0. The number of rotatable bonds is 0. The van der Waals surface area contributed by atoms with E-state index in [-0.39, 0.29) is 0 Å². The Morgan fingerprint density at radius 1 is 0.833 bits per heavy atom. The molecule has 0 atom stereocenters. The first-order valence-corrected chi connectivity index (χ1v) is 6.62. The summed E-state index contributed by atoms with van der Waals surface area (Å²) in [6, 6.07) is 8.12. The lowest BCUT2D eigenvalue weighted by molar-refractivity contribution is 1.19. The number of benzene rings is 2. The van der Waals surface area contributed by atoms with Gasteiger partial charge in [-0.1, -0.05) is 12.1 Å². The summed E-state index contributed by atoms with van der Waals surface area (Å²) in [6.07, 6.45) is 1.05. The van der Waals surface area contributed by atoms with Crippen LogP contribution in [-0.4, -0.2) is 0 Å². The molecule has 1 radical (unpaired) electrons. The van der Waals surface area contributed by atoms with Gasteiger partial charge in [0.05, 0.1) is 0 Å². The molecule has 3 rings (SSSR count). The molecule has 2 aromatic rings. The Bertz CT molecular complexity index is 660. The zero-order chi connectivity index (χ0) is 13.0. The molecule has 0 heteroatoms. The van der Waals surface area contributed by atoms with Gasteiger partial charge in [0.25, 0.3) is 0 Å². The maximum Gasteiger partial charge on any atom is -0.000697 e. The number of aryl methyl sites for hydroxylation is 2. The molecule has 0 saturated heterocycles. The predicted molar refractivity (Wildman–Crippen MR) is 77.2 cm³/mol. The molecular weight excluding hydrogens is 216 g/mol. The number of hydrogen-bond acceptors (Lipinski definition) is 0. The molecule has 2 aromatic carbocycles. The first-order valence-electron chi connectivity index (χ1n) is 6.62. The topological polar surface area (TPSA) is 0 Å². The third-order valence-electron chi connectivity index (χ3n) is 4.58. The third kappa shape index (κ3) is 1.38. The first kappa shape index (κ1) is 11.5. The van der Waals surface area contributed by atoms with Crippen LogP contribution in [0.1, 0.15) is 38.9 Å². The van der Waals surface area contributed by atoms with Crippen LogP contribution in [0.15, 0.2) is 12.1 Å². The van der Waals surface area contributed by atoms with Crippen LogP contribution in [0.2, 0.25) is 0 Å². The lowest BCUT2D eigenvalue weighted by Crippen LogP contribution is -1.94. The fraction of sp³-hybridized carbons (Fsp3) is 0.333. The predicted octanol–water partition coefficient (Wildman–Crippen LogP) is 4.60. The van der Waals surface area contributed by atoms with E-state index in [9.17, 15) is 0 Å². The smallest absolute Gasteiger partial charge is 0.000697 e. The molecule has 0 nitrogen and oxygen atoms in total. The van der Waals surface area contributed by atoms with Crippen LogP contribution in [0.3, 0.4) is 0 Å². The summed E-state index contributed by atoms with van der Waals surface area (Å²) in [5.41, 5.74) is 12.7. The maximum absolute atomic E-state index is 3.59. The van der Waals surface area contributed by atoms with Gasteiger partial charge < -0.3 is 0 Å². The normalized spacial score (nSPS) is 12.5. The van der Waals surface area contributed by atoms with Crippen molar-refractivity contribution in [1.29, 1.82) is 0 Å². The van der Waals surface area contributed by atoms with Gasteiger partial charge >= 0.3 is 0 Å². The van der Waals surface area contributed by atoms with Gasteiger partial charge in [0, 0.05) is 0 Å². The second-order valence-electron chi connectivity index (χ2n) is 5.57. The Morgan fingerprint density at radius 2 is 1.56 bits per heavy atom. The van der Waals surface area contributed by atoms with Crippen molar-refractivity contribution in [1.82, 2.24) is 0 Å². The fourth-order valence-corrected chi connectivity index (χ4v) is 3.11. The standard InChI is InChI=1S/C18H19/c1-10-6-7-15-9-16-8-11(2)12(3)14(5)18(16)17(15)13(10)4/h6-7H,9H2,1-5H3. The van der Waals surface area contributed by atoms with Crippen molar-refractivity contribution >= 4 is 0 Å². The van der Waals surface area contributed by atoms with Crippen molar-refractivity contribution in [2.45, 2.75) is 41.0 Å². The van der Waals surface area contributed by atoms with Crippen LogP contribution in [0.25, 0.3) is 11.1 Å². The molecule has 18 heavy (non-hydrogen) atoms. The van der Waals surface area contributed by atoms with E-state index in [0.29, 0.717) is 0 Å². The fourth-order valence-electron chi connectivity index (χ4n) is 3.11. The van der Waals surface area contributed by atoms with Crippen molar-refractivity contribution in [2.75, 3.05) is 0 Å². The van der Waals surface area contributed by atoms with Gasteiger partial charge in [0.2, 0.25) is 0 Å². The minimum atomic E-state index is 1.05. The van der Waals surface area contributed by atoms with Crippen LogP contribution in [-0.2, 0) is 6.42 Å². The van der Waals surface area contributed by atoms with Gasteiger partial charge in [-0.3, -0.25) is 0 Å². The Morgan fingerprint density at radius 3 is 2.28 bits per heavy atom. The SMILES string of the molecule is Cc1[c]c2c(c(C)c1C)-c1c(ccc(C)c1C)C2. The molecule has 0 aromatic heterocycles. The molecule has 0 amide bonds. The molecule has 91 valence electrons. The lowest BCUT2D eigenvalue weighted by Gasteiger charge is -2.14. The number of fused-ring (bicyclic) bond motifs is 3. The highest BCUT2D eigenvalue weighted by molar-refractivity contribution is 5.83. The van der Waals surface area contributed by atoms with Crippen LogP contribution < -0.4 is 0 Å². The van der Waals surface area contributed by atoms with Crippen LogP contribution in [0.5, 0.6) is 0 Å². The molecular formula is C18H19. The van der Waals surface area contributed by atoms with Crippen molar-refractivity contribution in [2.24, 2.45) is 0 Å². The van der Waals surface area contributed by atoms with Gasteiger partial charge in [-0.2, -0.15) is 0 Å². The summed E-state index contributed by atoms with van der Waals surface area (Å²) < 4.78 is 0. The molecule has 0 saturated carbocycles. The highest BCUT2D eigenvalue weighted by Crippen LogP contribution is 2.43. The molecule has 1 aliphatic rings. The van der Waals surface area contributed by atoms with E-state index >= 15 is 0 Å². The quantitative estimate of drug-likeness (QED) is 0.534. The molecule has 0 heterocycles. The van der Waals surface area contributed by atoms with Gasteiger partial charge in [-0.05, 0) is 97.2 Å². The van der Waals surface area contributed by atoms with Crippen LogP contribution in [0, 0.1) is 40.7 Å². The Balaban J connectivity index is 2.40. The van der Waals surface area contributed by atoms with E-state index in [1.165, 1.54) is 50.1 Å². The zero-order valence-corrected chi connectivity index (χ0v) is 11.9. The molecule has 0 N–H and O–H groups in total. The van der Waals surface area contributed by atoms with Crippen molar-refractivity contribution in [3.05, 3.63) is 57.1 Å². The van der Waals surface area contributed by atoms with Crippen molar-refractivity contribution in [3.63, 3.8) is 0 Å². The van der Waals surface area contributed by atoms with E-state index in [0.717, 1.165) is 6.42 Å². The molecule has 0 unspecified atom stereocenters. The van der Waals surface area contributed by atoms with Gasteiger partial charge in [-0.15, -0.1) is 0 Å². The van der Waals surface area contributed by atoms with Crippen LogP contribution >= 0.6 is 0 Å². The van der Waals surface area contributed by atoms with Gasteiger partial charge in [-0.25, -0.2) is 0 Å². The highest BCUT2D eigenvalue weighted by Gasteiger charge is 2.24.